The lowest BCUT2D eigenvalue weighted by molar-refractivity contribution is -0.133. The predicted molar refractivity (Wildman–Crippen MR) is 193 cm³/mol. The molecule has 0 saturated carbocycles. The van der Waals surface area contributed by atoms with Crippen molar-refractivity contribution in [2.45, 2.75) is 79.1 Å². The largest absolute Gasteiger partial charge is 0.379 e. The third kappa shape index (κ3) is 35.3. The monoisotopic (exact) mass is 706 g/mol. The third-order valence-corrected chi connectivity index (χ3v) is 6.74. The number of rotatable bonds is 35. The minimum Gasteiger partial charge on any atom is -0.379 e. The van der Waals surface area contributed by atoms with Crippen LogP contribution in [0.4, 0.5) is 0 Å². The van der Waals surface area contributed by atoms with Crippen molar-refractivity contribution >= 4 is 17.7 Å². The van der Waals surface area contributed by atoms with E-state index in [1.807, 2.05) is 13.8 Å². The molecule has 0 aromatic rings. The van der Waals surface area contributed by atoms with Crippen molar-refractivity contribution in [3.63, 3.8) is 0 Å². The van der Waals surface area contributed by atoms with Gasteiger partial charge in [-0.15, -0.1) is 11.8 Å². The molecule has 0 radical (unpaired) electrons. The van der Waals surface area contributed by atoms with E-state index in [-0.39, 0.29) is 27.0 Å². The Morgan fingerprint density at radius 2 is 1.00 bits per heavy atom. The van der Waals surface area contributed by atoms with Crippen molar-refractivity contribution in [3.05, 3.63) is 0 Å². The zero-order chi connectivity index (χ0) is 36.0. The van der Waals surface area contributed by atoms with E-state index in [0.29, 0.717) is 144 Å². The maximum Gasteiger partial charge on any atom is 0.224 e. The first-order valence-corrected chi connectivity index (χ1v) is 18.2. The minimum absolute atomic E-state index is 0. The van der Waals surface area contributed by atoms with Gasteiger partial charge in [-0.1, -0.05) is 27.7 Å². The predicted octanol–water partition coefficient (Wildman–Crippen LogP) is 3.48. The van der Waals surface area contributed by atoms with Gasteiger partial charge in [-0.25, -0.2) is 0 Å². The second-order valence-corrected chi connectivity index (χ2v) is 11.7. The van der Waals surface area contributed by atoms with Crippen LogP contribution in [0.25, 0.3) is 0 Å². The Bertz CT molecular complexity index is 863. The summed E-state index contributed by atoms with van der Waals surface area (Å²) in [5.41, 5.74) is 0. The smallest absolute Gasteiger partial charge is 0.224 e. The number of hydrogen-bond donors (Lipinski definition) is 2. The molecular formula is C36H71N3O10. The van der Waals surface area contributed by atoms with Crippen molar-refractivity contribution in [2.24, 2.45) is 5.92 Å². The highest BCUT2D eigenvalue weighted by Crippen LogP contribution is 2.00. The fourth-order valence-electron chi connectivity index (χ4n) is 4.01. The lowest BCUT2D eigenvalue weighted by Crippen LogP contribution is -2.35. The summed E-state index contributed by atoms with van der Waals surface area (Å²) >= 11 is 0. The van der Waals surface area contributed by atoms with Crippen LogP contribution >= 0.6 is 0 Å². The second-order valence-electron chi connectivity index (χ2n) is 11.7. The van der Waals surface area contributed by atoms with Crippen LogP contribution in [0.1, 0.15) is 81.9 Å². The molecule has 290 valence electrons. The van der Waals surface area contributed by atoms with Crippen molar-refractivity contribution in [1.82, 2.24) is 15.5 Å². The first kappa shape index (κ1) is 46.7. The molecule has 0 atom stereocenters. The summed E-state index contributed by atoms with van der Waals surface area (Å²) in [6.45, 7) is 16.7. The molecule has 3 amide bonds. The highest BCUT2D eigenvalue weighted by Gasteiger charge is 2.13. The van der Waals surface area contributed by atoms with Gasteiger partial charge in [0.15, 0.2) is 0 Å². The summed E-state index contributed by atoms with van der Waals surface area (Å²) in [7, 11) is 0. The molecule has 49 heavy (non-hydrogen) atoms. The van der Waals surface area contributed by atoms with Crippen molar-refractivity contribution in [3.8, 4) is 11.8 Å². The normalized spacial score (nSPS) is 11.0. The van der Waals surface area contributed by atoms with E-state index in [9.17, 15) is 14.4 Å². The van der Waals surface area contributed by atoms with Gasteiger partial charge in [0.2, 0.25) is 17.7 Å². The Labute approximate surface area is 299 Å². The Hall–Kier alpha value is -2.31. The summed E-state index contributed by atoms with van der Waals surface area (Å²) in [5.74, 6) is 6.93. The van der Waals surface area contributed by atoms with E-state index in [2.05, 4.69) is 36.3 Å². The maximum absolute atomic E-state index is 12.9. The molecule has 2 N–H and O–H groups in total. The maximum atomic E-state index is 12.9. The quantitative estimate of drug-likeness (QED) is 0.0744. The molecule has 13 nitrogen and oxygen atoms in total. The van der Waals surface area contributed by atoms with Crippen LogP contribution in [0.15, 0.2) is 0 Å². The van der Waals surface area contributed by atoms with Gasteiger partial charge in [-0.05, 0) is 25.2 Å². The highest BCUT2D eigenvalue weighted by atomic mass is 16.5. The van der Waals surface area contributed by atoms with E-state index in [1.165, 1.54) is 0 Å². The summed E-state index contributed by atoms with van der Waals surface area (Å²) in [5, 5.41) is 5.61. The zero-order valence-electron chi connectivity index (χ0n) is 31.0. The molecule has 0 aromatic carbocycles. The van der Waals surface area contributed by atoms with E-state index in [1.54, 1.807) is 4.90 Å². The van der Waals surface area contributed by atoms with Crippen LogP contribution in [0, 0.1) is 17.8 Å². The van der Waals surface area contributed by atoms with Crippen LogP contribution in [0.3, 0.4) is 0 Å². The standard InChI is InChI=1S/C36H67N3O10.2H2/c1-5-11-34(40)37-15-22-46-28-25-43-19-10-8-7-9-17-39(36(42)14-21-45-27-26-44-20-13-33(3)4)18-24-48-30-32-49-31-29-47-23-16-38-35(41)12-6-2;;/h33H,5-6,9-32H2,1-4H3,(H,37,40)(H,38,41);2*1H. The molecule has 0 saturated heterocycles. The van der Waals surface area contributed by atoms with Crippen molar-refractivity contribution < 1.29 is 50.4 Å². The van der Waals surface area contributed by atoms with Crippen LogP contribution in [0.2, 0.25) is 0 Å². The van der Waals surface area contributed by atoms with E-state index in [0.717, 1.165) is 25.9 Å². The third-order valence-electron chi connectivity index (χ3n) is 6.74. The second kappa shape index (κ2) is 37.0. The molecule has 0 unspecified atom stereocenters. The molecule has 0 aromatic heterocycles. The van der Waals surface area contributed by atoms with E-state index in [4.69, 9.17) is 33.2 Å². The van der Waals surface area contributed by atoms with Gasteiger partial charge in [0, 0.05) is 61.3 Å². The number of amides is 3. The average Bonchev–Trinajstić information content (AvgIpc) is 3.07. The lowest BCUT2D eigenvalue weighted by Gasteiger charge is -2.22. The average molecular weight is 706 g/mol. The fraction of sp³-hybridized carbons (Fsp3) is 0.861. The molecule has 0 aliphatic carbocycles. The highest BCUT2D eigenvalue weighted by molar-refractivity contribution is 5.76. The Balaban J connectivity index is -0.0000115. The number of hydrogen-bond acceptors (Lipinski definition) is 10. The molecule has 0 aliphatic heterocycles. The van der Waals surface area contributed by atoms with Crippen LogP contribution in [0.5, 0.6) is 0 Å². The lowest BCUT2D eigenvalue weighted by atomic mass is 10.1. The van der Waals surface area contributed by atoms with Crippen molar-refractivity contribution in [1.29, 1.82) is 0 Å². The van der Waals surface area contributed by atoms with Gasteiger partial charge < -0.3 is 48.7 Å². The minimum atomic E-state index is -0.00123. The molecule has 0 bridgehead atoms. The molecule has 0 spiro atoms. The molecule has 13 heteroatoms. The summed E-state index contributed by atoms with van der Waals surface area (Å²) in [4.78, 5) is 37.5. The number of ether oxygens (including phenoxy) is 7. The van der Waals surface area contributed by atoms with Gasteiger partial charge in [0.1, 0.15) is 0 Å². The summed E-state index contributed by atoms with van der Waals surface area (Å²) in [6, 6.07) is 0. The van der Waals surface area contributed by atoms with E-state index < -0.39 is 0 Å². The zero-order valence-corrected chi connectivity index (χ0v) is 31.0. The number of carbonyl (C=O) groups is 3. The SMILES string of the molecule is CCCC(=O)NCCOCCOCCC#CCCN(CCOCCOCCOCCNC(=O)CCC)C(=O)CCOCCOCCC(C)C.[HH].[HH]. The van der Waals surface area contributed by atoms with Gasteiger partial charge in [-0.2, -0.15) is 0 Å². The van der Waals surface area contributed by atoms with Gasteiger partial charge in [0.05, 0.1) is 92.3 Å². The summed E-state index contributed by atoms with van der Waals surface area (Å²) < 4.78 is 38.9. The van der Waals surface area contributed by atoms with E-state index >= 15 is 0 Å². The van der Waals surface area contributed by atoms with Gasteiger partial charge in [0.25, 0.3) is 0 Å². The number of carbonyl (C=O) groups excluding carboxylic acids is 3. The van der Waals surface area contributed by atoms with Crippen LogP contribution in [-0.4, -0.2) is 141 Å². The Kier molecular flexibility index (Phi) is 35.2. The Morgan fingerprint density at radius 3 is 1.53 bits per heavy atom. The molecule has 0 rings (SSSR count). The first-order valence-electron chi connectivity index (χ1n) is 18.2. The van der Waals surface area contributed by atoms with Crippen LogP contribution in [-0.2, 0) is 47.5 Å². The molecule has 0 fully saturated rings. The molecule has 0 aliphatic rings. The van der Waals surface area contributed by atoms with Gasteiger partial charge >= 0.3 is 0 Å². The first-order chi connectivity index (χ1) is 23.9. The Morgan fingerprint density at radius 1 is 0.551 bits per heavy atom. The summed E-state index contributed by atoms with van der Waals surface area (Å²) in [6.07, 6.45) is 5.18. The van der Waals surface area contributed by atoms with Crippen LogP contribution < -0.4 is 10.6 Å². The number of nitrogens with one attached hydrogen (secondary N) is 2. The molecular weight excluding hydrogens is 634 g/mol. The van der Waals surface area contributed by atoms with Crippen molar-refractivity contribution in [2.75, 3.05) is 119 Å². The topological polar surface area (TPSA) is 143 Å². The number of nitrogens with zero attached hydrogens (tertiary/aromatic N) is 1. The van der Waals surface area contributed by atoms with Gasteiger partial charge in [-0.3, -0.25) is 14.4 Å². The molecule has 0 heterocycles. The fourth-order valence-corrected chi connectivity index (χ4v) is 4.01.